The second-order valence-corrected chi connectivity index (χ2v) is 9.24. The van der Waals surface area contributed by atoms with E-state index in [1.807, 2.05) is 19.9 Å². The van der Waals surface area contributed by atoms with E-state index in [1.54, 1.807) is 48.5 Å². The number of anilines is 1. The van der Waals surface area contributed by atoms with Crippen LogP contribution in [0.4, 0.5) is 5.69 Å². The van der Waals surface area contributed by atoms with Gasteiger partial charge in [0.1, 0.15) is 6.04 Å². The minimum atomic E-state index is -0.677. The van der Waals surface area contributed by atoms with Gasteiger partial charge in [0.05, 0.1) is 22.9 Å². The minimum Gasteiger partial charge on any atom is -0.324 e. The summed E-state index contributed by atoms with van der Waals surface area (Å²) in [5, 5.41) is 17.1. The van der Waals surface area contributed by atoms with Gasteiger partial charge in [-0.05, 0) is 36.2 Å². The van der Waals surface area contributed by atoms with Gasteiger partial charge >= 0.3 is 0 Å². The van der Waals surface area contributed by atoms with E-state index in [0.29, 0.717) is 40.2 Å². The molecule has 2 amide bonds. The molecule has 2 aromatic carbocycles. The molecule has 1 fully saturated rings. The molecule has 168 valence electrons. The van der Waals surface area contributed by atoms with E-state index < -0.39 is 6.04 Å². The highest BCUT2D eigenvalue weighted by Gasteiger charge is 2.36. The van der Waals surface area contributed by atoms with Crippen LogP contribution in [-0.2, 0) is 11.3 Å². The zero-order chi connectivity index (χ0) is 23.5. The van der Waals surface area contributed by atoms with Gasteiger partial charge < -0.3 is 10.2 Å². The second kappa shape index (κ2) is 9.46. The Kier molecular flexibility index (Phi) is 6.47. The van der Waals surface area contributed by atoms with Crippen LogP contribution < -0.4 is 10.9 Å². The molecule has 33 heavy (non-hydrogen) atoms. The zero-order valence-electron chi connectivity index (χ0n) is 18.3. The molecule has 0 saturated carbocycles. The quantitative estimate of drug-likeness (QED) is 0.626. The van der Waals surface area contributed by atoms with Crippen molar-refractivity contribution in [2.75, 3.05) is 16.9 Å². The number of fused-ring (bicyclic) bond motifs is 1. The predicted molar refractivity (Wildman–Crippen MR) is 128 cm³/mol. The summed E-state index contributed by atoms with van der Waals surface area (Å²) in [4.78, 5) is 40.9. The summed E-state index contributed by atoms with van der Waals surface area (Å²) in [7, 11) is 0. The number of benzene rings is 2. The van der Waals surface area contributed by atoms with Gasteiger partial charge in [0.2, 0.25) is 5.91 Å². The van der Waals surface area contributed by atoms with Crippen molar-refractivity contribution >= 4 is 40.0 Å². The molecule has 4 rings (SSSR count). The van der Waals surface area contributed by atoms with Crippen LogP contribution in [0.2, 0.25) is 0 Å². The first-order valence-corrected chi connectivity index (χ1v) is 11.7. The van der Waals surface area contributed by atoms with Crippen LogP contribution in [0.25, 0.3) is 10.8 Å². The van der Waals surface area contributed by atoms with E-state index in [4.69, 9.17) is 5.26 Å². The average molecular weight is 462 g/mol. The Morgan fingerprint density at radius 2 is 1.88 bits per heavy atom. The Balaban J connectivity index is 1.65. The van der Waals surface area contributed by atoms with Gasteiger partial charge in [-0.15, -0.1) is 11.8 Å². The number of nitrogens with one attached hydrogen (secondary N) is 1. The maximum absolute atomic E-state index is 13.6. The summed E-state index contributed by atoms with van der Waals surface area (Å²) >= 11 is 1.49. The Bertz CT molecular complexity index is 1310. The SMILES string of the molecule is CC(C)Cn1nc(C(=O)N2CSCC2C(=O)Nc2ccc(C#N)cc2)c2ccccc2c1=O. The molecule has 1 unspecified atom stereocenters. The summed E-state index contributed by atoms with van der Waals surface area (Å²) < 4.78 is 1.34. The number of rotatable bonds is 5. The Hall–Kier alpha value is -3.64. The van der Waals surface area contributed by atoms with Crippen LogP contribution in [0.5, 0.6) is 0 Å². The first-order valence-electron chi connectivity index (χ1n) is 10.6. The molecule has 0 bridgehead atoms. The van der Waals surface area contributed by atoms with Gasteiger partial charge in [0, 0.05) is 23.4 Å². The van der Waals surface area contributed by atoms with E-state index in [-0.39, 0.29) is 29.0 Å². The fourth-order valence-electron chi connectivity index (χ4n) is 3.71. The monoisotopic (exact) mass is 461 g/mol. The third-order valence-electron chi connectivity index (χ3n) is 5.34. The minimum absolute atomic E-state index is 0.171. The fourth-order valence-corrected chi connectivity index (χ4v) is 4.87. The van der Waals surface area contributed by atoms with E-state index >= 15 is 0 Å². The fraction of sp³-hybridized carbons (Fsp3) is 0.292. The largest absolute Gasteiger partial charge is 0.324 e. The lowest BCUT2D eigenvalue weighted by atomic mass is 10.1. The molecule has 8 nitrogen and oxygen atoms in total. The molecule has 0 radical (unpaired) electrons. The summed E-state index contributed by atoms with van der Waals surface area (Å²) in [5.41, 5.74) is 0.985. The Labute approximate surface area is 195 Å². The van der Waals surface area contributed by atoms with Crippen molar-refractivity contribution in [2.45, 2.75) is 26.4 Å². The maximum atomic E-state index is 13.6. The smallest absolute Gasteiger partial charge is 0.276 e. The van der Waals surface area contributed by atoms with E-state index in [2.05, 4.69) is 10.4 Å². The second-order valence-electron chi connectivity index (χ2n) is 8.24. The molecule has 1 aliphatic heterocycles. The van der Waals surface area contributed by atoms with Crippen molar-refractivity contribution in [3.63, 3.8) is 0 Å². The van der Waals surface area contributed by atoms with E-state index in [9.17, 15) is 14.4 Å². The molecular formula is C24H23N5O3S. The first-order chi connectivity index (χ1) is 15.9. The van der Waals surface area contributed by atoms with Crippen LogP contribution in [0.1, 0.15) is 29.9 Å². The van der Waals surface area contributed by atoms with Gasteiger partial charge in [-0.3, -0.25) is 14.4 Å². The summed E-state index contributed by atoms with van der Waals surface area (Å²) in [5.74, 6) is 0.292. The third kappa shape index (κ3) is 4.61. The van der Waals surface area contributed by atoms with Gasteiger partial charge in [-0.1, -0.05) is 32.0 Å². The molecule has 9 heteroatoms. The number of carbonyl (C=O) groups is 2. The Morgan fingerprint density at radius 3 is 2.55 bits per heavy atom. The van der Waals surface area contributed by atoms with Crippen molar-refractivity contribution in [3.05, 3.63) is 70.1 Å². The number of hydrogen-bond acceptors (Lipinski definition) is 6. The summed E-state index contributed by atoms with van der Waals surface area (Å²) in [6.45, 7) is 4.35. The summed E-state index contributed by atoms with van der Waals surface area (Å²) in [6.07, 6.45) is 0. The van der Waals surface area contributed by atoms with Crippen LogP contribution in [0.3, 0.4) is 0 Å². The normalized spacial score (nSPS) is 15.6. The van der Waals surface area contributed by atoms with Crippen LogP contribution >= 0.6 is 11.8 Å². The van der Waals surface area contributed by atoms with Crippen molar-refractivity contribution in [1.29, 1.82) is 5.26 Å². The molecule has 1 N–H and O–H groups in total. The highest BCUT2D eigenvalue weighted by molar-refractivity contribution is 7.99. The lowest BCUT2D eigenvalue weighted by Crippen LogP contribution is -2.45. The van der Waals surface area contributed by atoms with Crippen molar-refractivity contribution < 1.29 is 9.59 Å². The summed E-state index contributed by atoms with van der Waals surface area (Å²) in [6, 6.07) is 14.8. The molecule has 1 aliphatic rings. The van der Waals surface area contributed by atoms with Crippen molar-refractivity contribution in [3.8, 4) is 6.07 Å². The molecule has 0 aliphatic carbocycles. The number of thioether (sulfide) groups is 1. The molecule has 1 saturated heterocycles. The zero-order valence-corrected chi connectivity index (χ0v) is 19.1. The Morgan fingerprint density at radius 1 is 1.18 bits per heavy atom. The van der Waals surface area contributed by atoms with Crippen LogP contribution in [-0.4, -0.2) is 44.2 Å². The molecule has 1 aromatic heterocycles. The van der Waals surface area contributed by atoms with Crippen molar-refractivity contribution in [1.82, 2.24) is 14.7 Å². The van der Waals surface area contributed by atoms with Crippen LogP contribution in [0.15, 0.2) is 53.3 Å². The average Bonchev–Trinajstić information content (AvgIpc) is 3.31. The highest BCUT2D eigenvalue weighted by atomic mass is 32.2. The number of aromatic nitrogens is 2. The first kappa shape index (κ1) is 22.6. The van der Waals surface area contributed by atoms with Gasteiger partial charge in [0.15, 0.2) is 5.69 Å². The number of nitriles is 1. The highest BCUT2D eigenvalue weighted by Crippen LogP contribution is 2.26. The third-order valence-corrected chi connectivity index (χ3v) is 6.35. The predicted octanol–water partition coefficient (Wildman–Crippen LogP) is 3.08. The van der Waals surface area contributed by atoms with Gasteiger partial charge in [-0.25, -0.2) is 4.68 Å². The van der Waals surface area contributed by atoms with Crippen molar-refractivity contribution in [2.24, 2.45) is 5.92 Å². The van der Waals surface area contributed by atoms with Gasteiger partial charge in [0.25, 0.3) is 11.5 Å². The number of carbonyl (C=O) groups excluding carboxylic acids is 2. The maximum Gasteiger partial charge on any atom is 0.276 e. The van der Waals surface area contributed by atoms with E-state index in [1.165, 1.54) is 21.3 Å². The molecule has 3 aromatic rings. The molecule has 1 atom stereocenters. The molecular weight excluding hydrogens is 438 g/mol. The lowest BCUT2D eigenvalue weighted by Gasteiger charge is -2.23. The molecule has 2 heterocycles. The van der Waals surface area contributed by atoms with Crippen LogP contribution in [0, 0.1) is 17.2 Å². The topological polar surface area (TPSA) is 108 Å². The standard InChI is InChI=1S/C24H23N5O3S/c1-15(2)12-29-23(31)19-6-4-3-5-18(19)21(27-29)24(32)28-14-33-13-20(28)22(30)26-17-9-7-16(11-25)8-10-17/h3-10,15,20H,12-14H2,1-2H3,(H,26,30). The lowest BCUT2D eigenvalue weighted by molar-refractivity contribution is -0.119. The number of hydrogen-bond donors (Lipinski definition) is 1. The van der Waals surface area contributed by atoms with E-state index in [0.717, 1.165) is 0 Å². The molecule has 0 spiro atoms. The van der Waals surface area contributed by atoms with Gasteiger partial charge in [-0.2, -0.15) is 10.4 Å². The number of nitrogens with zero attached hydrogens (tertiary/aromatic N) is 4. The number of amides is 2.